The van der Waals surface area contributed by atoms with E-state index in [0.717, 1.165) is 16.8 Å². The van der Waals surface area contributed by atoms with Gasteiger partial charge in [0.2, 0.25) is 11.3 Å². The normalized spacial score (nSPS) is 12.7. The molecule has 0 aliphatic heterocycles. The largest absolute Gasteiger partial charge is 0.276 e. The molecule has 0 aliphatic carbocycles. The van der Waals surface area contributed by atoms with Crippen molar-refractivity contribution < 1.29 is 4.57 Å². The number of aromatic nitrogens is 4. The van der Waals surface area contributed by atoms with E-state index in [-0.39, 0.29) is 0 Å². The zero-order valence-corrected chi connectivity index (χ0v) is 16.6. The van der Waals surface area contributed by atoms with Crippen molar-refractivity contribution in [2.75, 3.05) is 0 Å². The molecular weight excluding hydrogens is 356 g/mol. The third-order valence-electron chi connectivity index (χ3n) is 6.49. The zero-order chi connectivity index (χ0) is 19.4. The van der Waals surface area contributed by atoms with Crippen LogP contribution in [0.5, 0.6) is 0 Å². The van der Waals surface area contributed by atoms with E-state index in [2.05, 4.69) is 95.1 Å². The van der Waals surface area contributed by atoms with Crippen molar-refractivity contribution in [3.8, 4) is 0 Å². The molecule has 7 rings (SSSR count). The summed E-state index contributed by atoms with van der Waals surface area (Å²) in [5.41, 5.74) is 9.72. The second-order valence-electron chi connectivity index (χ2n) is 8.17. The second-order valence-corrected chi connectivity index (χ2v) is 8.17. The molecule has 0 saturated heterocycles. The third kappa shape index (κ3) is 1.63. The lowest BCUT2D eigenvalue weighted by molar-refractivity contribution is -0.644. The number of nitrogens with zero attached hydrogens (tertiary/aromatic N) is 4. The first-order valence-electron chi connectivity index (χ1n) is 9.99. The van der Waals surface area contributed by atoms with Gasteiger partial charge in [-0.25, -0.2) is 9.55 Å². The molecule has 0 N–H and O–H groups in total. The van der Waals surface area contributed by atoms with Crippen molar-refractivity contribution in [2.45, 2.75) is 13.8 Å². The molecule has 3 aromatic carbocycles. The summed E-state index contributed by atoms with van der Waals surface area (Å²) >= 11 is 0. The van der Waals surface area contributed by atoms with E-state index in [4.69, 9.17) is 4.98 Å². The Bertz CT molecular complexity index is 1780. The lowest BCUT2D eigenvalue weighted by Crippen LogP contribution is -2.29. The Morgan fingerprint density at radius 2 is 1.59 bits per heavy atom. The Kier molecular flexibility index (Phi) is 2.55. The van der Waals surface area contributed by atoms with Gasteiger partial charge in [0.25, 0.3) is 0 Å². The summed E-state index contributed by atoms with van der Waals surface area (Å²) in [7, 11) is 2.16. The Hall–Kier alpha value is -3.66. The van der Waals surface area contributed by atoms with Crippen molar-refractivity contribution in [3.05, 3.63) is 71.9 Å². The van der Waals surface area contributed by atoms with Gasteiger partial charge >= 0.3 is 0 Å². The lowest BCUT2D eigenvalue weighted by atomic mass is 9.99. The lowest BCUT2D eigenvalue weighted by Gasteiger charge is -2.12. The minimum Gasteiger partial charge on any atom is -0.276 e. The van der Waals surface area contributed by atoms with Crippen LogP contribution in [0.2, 0.25) is 0 Å². The fraction of sp³-hybridized carbons (Fsp3) is 0.120. The fourth-order valence-corrected chi connectivity index (χ4v) is 5.32. The summed E-state index contributed by atoms with van der Waals surface area (Å²) < 4.78 is 6.97. The highest BCUT2D eigenvalue weighted by Crippen LogP contribution is 2.39. The number of hydrogen-bond acceptors (Lipinski definition) is 1. The number of fused-ring (bicyclic) bond motifs is 7. The Morgan fingerprint density at radius 1 is 0.759 bits per heavy atom. The first kappa shape index (κ1) is 15.3. The predicted molar refractivity (Wildman–Crippen MR) is 118 cm³/mol. The quantitative estimate of drug-likeness (QED) is 0.206. The average molecular weight is 375 g/mol. The third-order valence-corrected chi connectivity index (χ3v) is 6.49. The van der Waals surface area contributed by atoms with Crippen LogP contribution in [0.25, 0.3) is 55.0 Å². The number of imidazole rings is 2. The van der Waals surface area contributed by atoms with E-state index in [0.29, 0.717) is 0 Å². The van der Waals surface area contributed by atoms with E-state index < -0.39 is 0 Å². The summed E-state index contributed by atoms with van der Waals surface area (Å²) in [6.45, 7) is 4.41. The van der Waals surface area contributed by atoms with Crippen LogP contribution in [0.4, 0.5) is 0 Å². The smallest absolute Gasteiger partial charge is 0.224 e. The predicted octanol–water partition coefficient (Wildman–Crippen LogP) is 5.08. The van der Waals surface area contributed by atoms with Crippen LogP contribution in [-0.2, 0) is 7.05 Å². The van der Waals surface area contributed by atoms with Crippen molar-refractivity contribution in [1.82, 2.24) is 13.8 Å². The molecule has 0 unspecified atom stereocenters. The van der Waals surface area contributed by atoms with Crippen LogP contribution in [0.15, 0.2) is 60.8 Å². The van der Waals surface area contributed by atoms with Crippen LogP contribution in [0.1, 0.15) is 11.1 Å². The highest BCUT2D eigenvalue weighted by atomic mass is 15.2. The summed E-state index contributed by atoms with van der Waals surface area (Å²) in [4.78, 5) is 5.05. The van der Waals surface area contributed by atoms with Gasteiger partial charge in [-0.3, -0.25) is 8.80 Å². The van der Waals surface area contributed by atoms with Gasteiger partial charge in [0, 0.05) is 5.56 Å². The average Bonchev–Trinajstić information content (AvgIpc) is 3.24. The van der Waals surface area contributed by atoms with Gasteiger partial charge in [-0.2, -0.15) is 0 Å². The van der Waals surface area contributed by atoms with Gasteiger partial charge < -0.3 is 0 Å². The summed E-state index contributed by atoms with van der Waals surface area (Å²) in [5, 5.41) is 3.92. The molecule has 0 saturated carbocycles. The molecule has 0 fully saturated rings. The molecule has 0 atom stereocenters. The highest BCUT2D eigenvalue weighted by molar-refractivity contribution is 6.21. The van der Waals surface area contributed by atoms with Crippen LogP contribution in [0.3, 0.4) is 0 Å². The molecule has 0 radical (unpaired) electrons. The van der Waals surface area contributed by atoms with Crippen LogP contribution in [0, 0.1) is 13.8 Å². The molecule has 4 aromatic heterocycles. The SMILES string of the molecule is Cc1c[n+](C)c2c3c(C)ccc4c3n(c3cccc1c32)c1nc2ccccc2n41. The summed E-state index contributed by atoms with van der Waals surface area (Å²) in [6, 6.07) is 19.5. The molecule has 138 valence electrons. The number of aryl methyl sites for hydroxylation is 3. The monoisotopic (exact) mass is 375 g/mol. The maximum absolute atomic E-state index is 5.05. The van der Waals surface area contributed by atoms with Gasteiger partial charge in [-0.05, 0) is 49.1 Å². The topological polar surface area (TPSA) is 25.6 Å². The maximum atomic E-state index is 5.05. The van der Waals surface area contributed by atoms with Crippen molar-refractivity contribution in [3.63, 3.8) is 0 Å². The van der Waals surface area contributed by atoms with Gasteiger partial charge in [-0.15, -0.1) is 0 Å². The Labute approximate surface area is 166 Å². The first-order chi connectivity index (χ1) is 14.1. The van der Waals surface area contributed by atoms with E-state index in [1.165, 1.54) is 49.4 Å². The minimum absolute atomic E-state index is 0.982. The number of pyridine rings is 2. The molecule has 4 nitrogen and oxygen atoms in total. The van der Waals surface area contributed by atoms with Crippen molar-refractivity contribution in [1.29, 1.82) is 0 Å². The standard InChI is InChI=1S/C25H19N4/c1-14-11-12-20-23-21(14)24-22-16(15(2)13-27(24)3)7-6-10-19(22)29(23)25-26-17-8-4-5-9-18(17)28(20)25/h4-13H,1-3H3/q+1. The van der Waals surface area contributed by atoms with E-state index in [9.17, 15) is 0 Å². The molecule has 0 bridgehead atoms. The summed E-state index contributed by atoms with van der Waals surface area (Å²) in [5.74, 6) is 0.982. The number of hydrogen-bond donors (Lipinski definition) is 0. The fourth-order valence-electron chi connectivity index (χ4n) is 5.32. The summed E-state index contributed by atoms with van der Waals surface area (Å²) in [6.07, 6.45) is 2.25. The second kappa shape index (κ2) is 4.84. The van der Waals surface area contributed by atoms with Gasteiger partial charge in [0.15, 0.2) is 6.20 Å². The van der Waals surface area contributed by atoms with Gasteiger partial charge in [-0.1, -0.05) is 30.3 Å². The molecule has 4 heteroatoms. The van der Waals surface area contributed by atoms with Crippen molar-refractivity contribution in [2.24, 2.45) is 7.05 Å². The Morgan fingerprint density at radius 3 is 2.48 bits per heavy atom. The minimum atomic E-state index is 0.982. The number of para-hydroxylation sites is 2. The molecule has 7 aromatic rings. The van der Waals surface area contributed by atoms with Crippen molar-refractivity contribution >= 4 is 55.0 Å². The number of rotatable bonds is 0. The highest BCUT2D eigenvalue weighted by Gasteiger charge is 2.25. The zero-order valence-electron chi connectivity index (χ0n) is 16.6. The van der Waals surface area contributed by atoms with E-state index >= 15 is 0 Å². The molecule has 0 amide bonds. The van der Waals surface area contributed by atoms with E-state index in [1.807, 2.05) is 0 Å². The maximum Gasteiger partial charge on any atom is 0.224 e. The van der Waals surface area contributed by atoms with Crippen LogP contribution >= 0.6 is 0 Å². The molecular formula is C25H19N4+. The molecule has 0 aliphatic rings. The molecule has 0 spiro atoms. The number of benzene rings is 3. The van der Waals surface area contributed by atoms with E-state index in [1.54, 1.807) is 0 Å². The van der Waals surface area contributed by atoms with Gasteiger partial charge in [0.1, 0.15) is 7.05 Å². The van der Waals surface area contributed by atoms with Crippen LogP contribution < -0.4 is 4.57 Å². The van der Waals surface area contributed by atoms with Gasteiger partial charge in [0.05, 0.1) is 38.4 Å². The molecule has 29 heavy (non-hydrogen) atoms. The molecule has 4 heterocycles. The van der Waals surface area contributed by atoms with Crippen LogP contribution in [-0.4, -0.2) is 13.8 Å². The first-order valence-corrected chi connectivity index (χ1v) is 9.99. The Balaban J connectivity index is 1.98.